The summed E-state index contributed by atoms with van der Waals surface area (Å²) in [4.78, 5) is 22.0. The van der Waals surface area contributed by atoms with Crippen LogP contribution in [0.5, 0.6) is 0 Å². The minimum atomic E-state index is -0.957. The van der Waals surface area contributed by atoms with Crippen molar-refractivity contribution in [1.29, 1.82) is 0 Å². The Balaban J connectivity index is 1.61. The molecule has 3 rings (SSSR count). The fraction of sp³-hybridized carbons (Fsp3) is 0.150. The van der Waals surface area contributed by atoms with E-state index in [2.05, 4.69) is 21.6 Å². The largest absolute Gasteiger partial charge is 0.325 e. The summed E-state index contributed by atoms with van der Waals surface area (Å²) in [6.07, 6.45) is 0. The molecule has 0 radical (unpaired) electrons. The van der Waals surface area contributed by atoms with Crippen LogP contribution in [0.25, 0.3) is 11.3 Å². The number of hydrogen-bond acceptors (Lipinski definition) is 6. The van der Waals surface area contributed by atoms with Crippen molar-refractivity contribution in [3.63, 3.8) is 0 Å². The maximum Gasteiger partial charge on any atom is 0.306 e. The van der Waals surface area contributed by atoms with Gasteiger partial charge in [0, 0.05) is 17.3 Å². The number of rotatable bonds is 6. The van der Waals surface area contributed by atoms with E-state index < -0.39 is 22.3 Å². The minimum Gasteiger partial charge on any atom is -0.325 e. The number of carbonyl (C=O) groups excluding carboxylic acids is 1. The summed E-state index contributed by atoms with van der Waals surface area (Å²) >= 11 is 1.18. The van der Waals surface area contributed by atoms with Crippen molar-refractivity contribution in [2.45, 2.75) is 18.9 Å². The van der Waals surface area contributed by atoms with Gasteiger partial charge in [0.1, 0.15) is 5.03 Å². The average Bonchev–Trinajstić information content (AvgIpc) is 2.68. The summed E-state index contributed by atoms with van der Waals surface area (Å²) in [5.74, 6) is -1.32. The number of nitro benzene ring substituents is 1. The van der Waals surface area contributed by atoms with Gasteiger partial charge in [-0.3, -0.25) is 14.9 Å². The molecule has 0 fully saturated rings. The van der Waals surface area contributed by atoms with Gasteiger partial charge in [0.2, 0.25) is 11.7 Å². The molecule has 0 saturated heterocycles. The molecular formula is C20H17FN4O3S. The van der Waals surface area contributed by atoms with Gasteiger partial charge in [-0.25, -0.2) is 0 Å². The maximum atomic E-state index is 13.4. The Morgan fingerprint density at radius 1 is 1.14 bits per heavy atom. The third kappa shape index (κ3) is 5.14. The maximum absolute atomic E-state index is 13.4. The fourth-order valence-electron chi connectivity index (χ4n) is 2.71. The predicted octanol–water partition coefficient (Wildman–Crippen LogP) is 4.54. The molecule has 7 nitrogen and oxygen atoms in total. The Hall–Kier alpha value is -3.33. The van der Waals surface area contributed by atoms with Crippen LogP contribution in [0, 0.1) is 29.8 Å². The van der Waals surface area contributed by atoms with E-state index in [-0.39, 0.29) is 11.4 Å². The number of benzene rings is 2. The van der Waals surface area contributed by atoms with Crippen molar-refractivity contribution in [1.82, 2.24) is 10.2 Å². The van der Waals surface area contributed by atoms with Crippen molar-refractivity contribution < 1.29 is 14.1 Å². The van der Waals surface area contributed by atoms with Crippen molar-refractivity contribution >= 4 is 29.0 Å². The number of amides is 1. The first-order chi connectivity index (χ1) is 13.8. The van der Waals surface area contributed by atoms with Crippen molar-refractivity contribution in [2.75, 3.05) is 11.1 Å². The van der Waals surface area contributed by atoms with Gasteiger partial charge in [-0.05, 0) is 43.7 Å². The molecule has 1 N–H and O–H groups in total. The number of carbonyl (C=O) groups is 1. The van der Waals surface area contributed by atoms with Gasteiger partial charge in [0.15, 0.2) is 0 Å². The van der Waals surface area contributed by atoms with E-state index in [1.807, 2.05) is 32.0 Å². The molecule has 29 heavy (non-hydrogen) atoms. The second-order valence-corrected chi connectivity index (χ2v) is 7.33. The summed E-state index contributed by atoms with van der Waals surface area (Å²) in [6, 6.07) is 12.9. The minimum absolute atomic E-state index is 0.0305. The molecule has 148 valence electrons. The number of nitro groups is 1. The lowest BCUT2D eigenvalue weighted by Crippen LogP contribution is -2.14. The van der Waals surface area contributed by atoms with Gasteiger partial charge >= 0.3 is 5.69 Å². The Labute approximate surface area is 170 Å². The van der Waals surface area contributed by atoms with Crippen molar-refractivity contribution in [3.05, 3.63) is 75.6 Å². The molecule has 0 aliphatic rings. The summed E-state index contributed by atoms with van der Waals surface area (Å²) in [5, 5.41) is 22.2. The zero-order valence-electron chi connectivity index (χ0n) is 15.7. The van der Waals surface area contributed by atoms with Crippen LogP contribution in [0.2, 0.25) is 0 Å². The summed E-state index contributed by atoms with van der Waals surface area (Å²) in [5.41, 5.74) is 3.48. The molecule has 0 aliphatic carbocycles. The summed E-state index contributed by atoms with van der Waals surface area (Å²) < 4.78 is 13.4. The lowest BCUT2D eigenvalue weighted by Gasteiger charge is -2.07. The highest BCUT2D eigenvalue weighted by Crippen LogP contribution is 2.24. The Morgan fingerprint density at radius 3 is 2.59 bits per heavy atom. The number of nitrogens with one attached hydrogen (secondary N) is 1. The van der Waals surface area contributed by atoms with Gasteiger partial charge < -0.3 is 5.32 Å². The molecule has 0 aliphatic heterocycles. The molecular weight excluding hydrogens is 395 g/mol. The lowest BCUT2D eigenvalue weighted by atomic mass is 10.0. The second-order valence-electron chi connectivity index (χ2n) is 6.34. The number of nitrogens with zero attached hydrogens (tertiary/aromatic N) is 3. The zero-order chi connectivity index (χ0) is 21.0. The summed E-state index contributed by atoms with van der Waals surface area (Å²) in [6.45, 7) is 4.04. The Kier molecular flexibility index (Phi) is 6.18. The highest BCUT2D eigenvalue weighted by Gasteiger charge is 2.15. The molecule has 0 unspecified atom stereocenters. The van der Waals surface area contributed by atoms with Crippen molar-refractivity contribution in [2.24, 2.45) is 0 Å². The van der Waals surface area contributed by atoms with Gasteiger partial charge in [-0.1, -0.05) is 35.5 Å². The van der Waals surface area contributed by atoms with Crippen LogP contribution < -0.4 is 5.32 Å². The monoisotopic (exact) mass is 412 g/mol. The SMILES string of the molecule is Cc1ccc(-c2ccc(SCC(=O)Nc3ccc(F)c([N+](=O)[O-])c3)nn2)c(C)c1. The molecule has 2 aromatic carbocycles. The standard InChI is InChI=1S/C20H17FN4O3S/c1-12-3-5-15(13(2)9-12)17-7-8-20(24-23-17)29-11-19(26)22-14-4-6-16(21)18(10-14)25(27)28/h3-10H,11H2,1-2H3,(H,22,26). The molecule has 0 saturated carbocycles. The molecule has 1 heterocycles. The van der Waals surface area contributed by atoms with Crippen LogP contribution in [0.3, 0.4) is 0 Å². The molecule has 3 aromatic rings. The molecule has 1 amide bonds. The lowest BCUT2D eigenvalue weighted by molar-refractivity contribution is -0.387. The molecule has 0 atom stereocenters. The number of thioether (sulfide) groups is 1. The van der Waals surface area contributed by atoms with E-state index in [9.17, 15) is 19.3 Å². The number of hydrogen-bond donors (Lipinski definition) is 1. The molecule has 0 spiro atoms. The van der Waals surface area contributed by atoms with E-state index in [0.29, 0.717) is 5.03 Å². The van der Waals surface area contributed by atoms with Gasteiger partial charge in [0.05, 0.1) is 16.4 Å². The smallest absolute Gasteiger partial charge is 0.306 e. The third-order valence-corrected chi connectivity index (χ3v) is 5.00. The Bertz CT molecular complexity index is 1070. The highest BCUT2D eigenvalue weighted by molar-refractivity contribution is 7.99. The normalized spacial score (nSPS) is 10.6. The number of halogens is 1. The van der Waals surface area contributed by atoms with Crippen LogP contribution in [0.15, 0.2) is 53.6 Å². The first kappa shape index (κ1) is 20.4. The quantitative estimate of drug-likeness (QED) is 0.363. The number of aryl methyl sites for hydroxylation is 2. The average molecular weight is 412 g/mol. The predicted molar refractivity (Wildman–Crippen MR) is 109 cm³/mol. The molecule has 1 aromatic heterocycles. The zero-order valence-corrected chi connectivity index (χ0v) is 16.5. The van der Waals surface area contributed by atoms with Crippen molar-refractivity contribution in [3.8, 4) is 11.3 Å². The Morgan fingerprint density at radius 2 is 1.93 bits per heavy atom. The first-order valence-electron chi connectivity index (χ1n) is 8.61. The fourth-order valence-corrected chi connectivity index (χ4v) is 3.32. The summed E-state index contributed by atoms with van der Waals surface area (Å²) in [7, 11) is 0. The van der Waals surface area contributed by atoms with E-state index in [0.717, 1.165) is 29.0 Å². The van der Waals surface area contributed by atoms with E-state index in [4.69, 9.17) is 0 Å². The molecule has 9 heteroatoms. The third-order valence-electron chi connectivity index (χ3n) is 4.08. The van der Waals surface area contributed by atoms with Gasteiger partial charge in [-0.15, -0.1) is 10.2 Å². The van der Waals surface area contributed by atoms with E-state index in [1.165, 1.54) is 23.4 Å². The van der Waals surface area contributed by atoms with Crippen LogP contribution in [0.1, 0.15) is 11.1 Å². The molecule has 0 bridgehead atoms. The number of anilines is 1. The first-order valence-corrected chi connectivity index (χ1v) is 9.60. The van der Waals surface area contributed by atoms with Gasteiger partial charge in [-0.2, -0.15) is 4.39 Å². The van der Waals surface area contributed by atoms with E-state index in [1.54, 1.807) is 6.07 Å². The van der Waals surface area contributed by atoms with Crippen LogP contribution in [0.4, 0.5) is 15.8 Å². The topological polar surface area (TPSA) is 98.0 Å². The second kappa shape index (κ2) is 8.78. The van der Waals surface area contributed by atoms with Crippen LogP contribution in [-0.4, -0.2) is 26.8 Å². The number of aromatic nitrogens is 2. The van der Waals surface area contributed by atoms with E-state index >= 15 is 0 Å². The van der Waals surface area contributed by atoms with Crippen LogP contribution >= 0.6 is 11.8 Å². The highest BCUT2D eigenvalue weighted by atomic mass is 32.2. The van der Waals surface area contributed by atoms with Crippen LogP contribution in [-0.2, 0) is 4.79 Å². The van der Waals surface area contributed by atoms with Gasteiger partial charge in [0.25, 0.3) is 0 Å².